The molecule has 2 N–H and O–H groups in total. The van der Waals surface area contributed by atoms with Crippen molar-refractivity contribution in [3.8, 4) is 0 Å². The third-order valence-corrected chi connectivity index (χ3v) is 0. The molecule has 0 aromatic heterocycles. The first-order chi connectivity index (χ1) is 2.00. The first kappa shape index (κ1) is 30.1. The Labute approximate surface area is 104 Å². The van der Waals surface area contributed by atoms with E-state index in [0.29, 0.717) is 0 Å². The number of rotatable bonds is 0. The van der Waals surface area contributed by atoms with E-state index < -0.39 is 9.05 Å². The average Bonchev–Trinajstić information content (AvgIpc) is 0.722. The molecule has 0 fully saturated rings. The number of hydrogen-bond donors (Lipinski definition) is 0. The topological polar surface area (TPSA) is 124 Å². The Hall–Kier alpha value is 2.38. The third kappa shape index (κ3) is 129. The molecule has 0 amide bonds. The predicted octanol–water partition coefficient (Wildman–Crippen LogP) is -12.3. The molecule has 0 saturated carbocycles. The Kier molecular flexibility index (Phi) is 43.5. The van der Waals surface area contributed by atoms with Gasteiger partial charge in [0.1, 0.15) is 0 Å². The van der Waals surface area contributed by atoms with E-state index in [9.17, 15) is 0 Å². The normalized spacial score (nSPS) is 6.67. The molecule has 0 aliphatic heterocycles. The molecule has 0 atom stereocenters. The standard InChI is InChI=1S/Li.Mg.Na.O4Si.H2O/c;;;1-5(2,3)4;/h;;;;1H2/q+1;+2;+1;-4;. The van der Waals surface area contributed by atoms with E-state index in [1.54, 1.807) is 0 Å². The molecule has 0 radical (unpaired) electrons. The molecular weight excluding hydrogens is 162 g/mol. The van der Waals surface area contributed by atoms with Crippen molar-refractivity contribution in [2.75, 3.05) is 0 Å². The molecule has 40 valence electrons. The van der Waals surface area contributed by atoms with Crippen LogP contribution in [-0.2, 0) is 0 Å². The van der Waals surface area contributed by atoms with Gasteiger partial charge < -0.3 is 33.7 Å². The second-order valence-electron chi connectivity index (χ2n) is 0.500. The molecule has 0 unspecified atom stereocenters. The average molecular weight is 164 g/mol. The summed E-state index contributed by atoms with van der Waals surface area (Å²) in [5.41, 5.74) is 0. The van der Waals surface area contributed by atoms with Crippen molar-refractivity contribution in [1.29, 1.82) is 0 Å². The summed E-state index contributed by atoms with van der Waals surface area (Å²) in [4.78, 5) is 34.3. The van der Waals surface area contributed by atoms with Crippen LogP contribution in [0.1, 0.15) is 0 Å². The van der Waals surface area contributed by atoms with Crippen molar-refractivity contribution >= 4 is 32.1 Å². The molecule has 5 nitrogen and oxygen atoms in total. The van der Waals surface area contributed by atoms with Gasteiger partial charge in [-0.15, -0.1) is 0 Å². The van der Waals surface area contributed by atoms with Crippen LogP contribution in [-0.4, -0.2) is 37.6 Å². The van der Waals surface area contributed by atoms with Gasteiger partial charge in [-0.05, 0) is 0 Å². The molecule has 0 spiro atoms. The zero-order valence-corrected chi connectivity index (χ0v) is 9.75. The molecule has 0 aliphatic rings. The van der Waals surface area contributed by atoms with Crippen LogP contribution in [0.2, 0.25) is 0 Å². The van der Waals surface area contributed by atoms with Gasteiger partial charge in [-0.2, -0.15) is 0 Å². The smallest absolute Gasteiger partial charge is 0.894 e. The Bertz CT molecular complexity index is 32.4. The van der Waals surface area contributed by atoms with Crippen molar-refractivity contribution in [1.82, 2.24) is 0 Å². The summed E-state index contributed by atoms with van der Waals surface area (Å²) in [5, 5.41) is 0. The van der Waals surface area contributed by atoms with Crippen LogP contribution >= 0.6 is 0 Å². The summed E-state index contributed by atoms with van der Waals surface area (Å²) >= 11 is 0. The first-order valence-electron chi connectivity index (χ1n) is 0.816. The summed E-state index contributed by atoms with van der Waals surface area (Å²) < 4.78 is 0. The van der Waals surface area contributed by atoms with E-state index >= 15 is 0 Å². The van der Waals surface area contributed by atoms with Gasteiger partial charge in [0.05, 0.1) is 0 Å². The second kappa shape index (κ2) is 13.0. The van der Waals surface area contributed by atoms with Gasteiger partial charge in [0, 0.05) is 0 Å². The van der Waals surface area contributed by atoms with Crippen LogP contribution in [0.4, 0.5) is 0 Å². The summed E-state index contributed by atoms with van der Waals surface area (Å²) in [6.07, 6.45) is 0. The molecule has 0 saturated heterocycles. The Morgan fingerprint density at radius 3 is 0.889 bits per heavy atom. The Morgan fingerprint density at radius 1 is 0.889 bits per heavy atom. The Balaban J connectivity index is -0.0000000133. The van der Waals surface area contributed by atoms with Crippen LogP contribution in [0.25, 0.3) is 0 Å². The van der Waals surface area contributed by atoms with Crippen LogP contribution in [0, 0.1) is 0 Å². The summed E-state index contributed by atoms with van der Waals surface area (Å²) in [6.45, 7) is 0. The molecular formula is H2LiMgNaO5Si. The minimum absolute atomic E-state index is 0. The number of hydrogen-bond acceptors (Lipinski definition) is 4. The van der Waals surface area contributed by atoms with Crippen LogP contribution < -0.4 is 67.6 Å². The molecule has 0 aliphatic carbocycles. The summed E-state index contributed by atoms with van der Waals surface area (Å²) in [7, 11) is -5.61. The minimum atomic E-state index is -5.61. The Morgan fingerprint density at radius 2 is 0.889 bits per heavy atom. The van der Waals surface area contributed by atoms with Crippen molar-refractivity contribution < 1.29 is 73.1 Å². The van der Waals surface area contributed by atoms with Gasteiger partial charge in [-0.1, -0.05) is 0 Å². The largest absolute Gasteiger partial charge is 2.00 e. The monoisotopic (exact) mass is 164 g/mol. The fraction of sp³-hybridized carbons (Fsp3) is 0. The van der Waals surface area contributed by atoms with Crippen LogP contribution in [0.3, 0.4) is 0 Å². The first-order valence-corrected chi connectivity index (χ1v) is 2.45. The van der Waals surface area contributed by atoms with Crippen molar-refractivity contribution in [2.45, 2.75) is 0 Å². The molecule has 0 rings (SSSR count). The van der Waals surface area contributed by atoms with Gasteiger partial charge in [-0.3, -0.25) is 0 Å². The van der Waals surface area contributed by atoms with Gasteiger partial charge in [0.25, 0.3) is 0 Å². The van der Waals surface area contributed by atoms with E-state index in [2.05, 4.69) is 0 Å². The summed E-state index contributed by atoms with van der Waals surface area (Å²) in [5.74, 6) is 0. The van der Waals surface area contributed by atoms with Gasteiger partial charge in [0.2, 0.25) is 0 Å². The third-order valence-electron chi connectivity index (χ3n) is 0. The molecule has 9 heavy (non-hydrogen) atoms. The van der Waals surface area contributed by atoms with Crippen LogP contribution in [0.15, 0.2) is 0 Å². The fourth-order valence-corrected chi connectivity index (χ4v) is 0. The zero-order valence-electron chi connectivity index (χ0n) is 5.34. The molecule has 0 aromatic rings. The molecule has 0 bridgehead atoms. The molecule has 0 heterocycles. The molecule has 9 heteroatoms. The maximum absolute atomic E-state index is 8.58. The van der Waals surface area contributed by atoms with Gasteiger partial charge in [0.15, 0.2) is 0 Å². The van der Waals surface area contributed by atoms with Crippen molar-refractivity contribution in [3.63, 3.8) is 0 Å². The predicted molar refractivity (Wildman–Crippen MR) is 15.1 cm³/mol. The van der Waals surface area contributed by atoms with E-state index in [-0.39, 0.29) is 76.9 Å². The summed E-state index contributed by atoms with van der Waals surface area (Å²) in [6, 6.07) is 0. The fourth-order valence-electron chi connectivity index (χ4n) is 0. The van der Waals surface area contributed by atoms with E-state index in [1.807, 2.05) is 0 Å². The van der Waals surface area contributed by atoms with E-state index in [0.717, 1.165) is 0 Å². The van der Waals surface area contributed by atoms with Gasteiger partial charge in [-0.25, -0.2) is 0 Å². The SMILES string of the molecule is O.[Li+].[Mg+2].[Na+].[O-][Si]([O-])([O-])[O-]. The van der Waals surface area contributed by atoms with Crippen LogP contribution in [0.5, 0.6) is 0 Å². The maximum Gasteiger partial charge on any atom is 2.00 e. The minimum Gasteiger partial charge on any atom is -0.894 e. The maximum atomic E-state index is 8.58. The quantitative estimate of drug-likeness (QED) is 0.330. The van der Waals surface area contributed by atoms with Crippen molar-refractivity contribution in [2.24, 2.45) is 0 Å². The second-order valence-corrected chi connectivity index (χ2v) is 1.50. The van der Waals surface area contributed by atoms with Gasteiger partial charge >= 0.3 is 71.5 Å². The molecule has 0 aromatic carbocycles. The van der Waals surface area contributed by atoms with E-state index in [1.165, 1.54) is 0 Å². The zero-order chi connectivity index (χ0) is 4.50. The van der Waals surface area contributed by atoms with E-state index in [4.69, 9.17) is 19.2 Å². The van der Waals surface area contributed by atoms with Crippen molar-refractivity contribution in [3.05, 3.63) is 0 Å².